The summed E-state index contributed by atoms with van der Waals surface area (Å²) in [5.41, 5.74) is 0. The Balaban J connectivity index is 2.23. The van der Waals surface area contributed by atoms with E-state index >= 15 is 0 Å². The van der Waals surface area contributed by atoms with Gasteiger partial charge in [-0.2, -0.15) is 0 Å². The van der Waals surface area contributed by atoms with Gasteiger partial charge in [0, 0.05) is 13.2 Å². The van der Waals surface area contributed by atoms with E-state index in [1.807, 2.05) is 6.07 Å². The smallest absolute Gasteiger partial charge is 0.294 e. The number of carbonyl (C=O) groups is 1. The number of aromatic nitrogens is 1. The number of anilines is 1. The van der Waals surface area contributed by atoms with Crippen molar-refractivity contribution < 1.29 is 9.21 Å². The van der Waals surface area contributed by atoms with Crippen molar-refractivity contribution in [3.05, 3.63) is 48.6 Å². The first kappa shape index (κ1) is 9.45. The summed E-state index contributed by atoms with van der Waals surface area (Å²) in [7, 11) is 1.66. The number of nitrogens with zero attached hydrogens (tertiary/aromatic N) is 2. The monoisotopic (exact) mass is 202 g/mol. The summed E-state index contributed by atoms with van der Waals surface area (Å²) in [6.45, 7) is 0. The van der Waals surface area contributed by atoms with Crippen LogP contribution in [0.25, 0.3) is 0 Å². The van der Waals surface area contributed by atoms with E-state index < -0.39 is 0 Å². The zero-order valence-electron chi connectivity index (χ0n) is 8.25. The van der Waals surface area contributed by atoms with Crippen LogP contribution in [-0.2, 0) is 0 Å². The Kier molecular flexibility index (Phi) is 2.49. The quantitative estimate of drug-likeness (QED) is 0.747. The van der Waals surface area contributed by atoms with Gasteiger partial charge in [-0.25, -0.2) is 4.98 Å². The van der Waals surface area contributed by atoms with Crippen molar-refractivity contribution >= 4 is 11.7 Å². The van der Waals surface area contributed by atoms with Crippen LogP contribution in [0.2, 0.25) is 0 Å². The average Bonchev–Trinajstić information content (AvgIpc) is 2.82. The highest BCUT2D eigenvalue weighted by Crippen LogP contribution is 2.11. The number of hydrogen-bond acceptors (Lipinski definition) is 3. The van der Waals surface area contributed by atoms with Crippen LogP contribution >= 0.6 is 0 Å². The number of amides is 1. The van der Waals surface area contributed by atoms with Gasteiger partial charge in [0.2, 0.25) is 0 Å². The van der Waals surface area contributed by atoms with E-state index in [0.29, 0.717) is 11.6 Å². The standard InChI is InChI=1S/C11H10N2O2/c1-13(10-6-2-3-7-12-10)11(14)9-5-4-8-15-9/h2-8H,1H3. The first-order valence-electron chi connectivity index (χ1n) is 4.51. The molecule has 0 aliphatic rings. The van der Waals surface area contributed by atoms with Gasteiger partial charge in [-0.1, -0.05) is 6.07 Å². The van der Waals surface area contributed by atoms with Crippen molar-refractivity contribution in [1.29, 1.82) is 0 Å². The summed E-state index contributed by atoms with van der Waals surface area (Å²) in [5, 5.41) is 0. The zero-order chi connectivity index (χ0) is 10.7. The van der Waals surface area contributed by atoms with E-state index in [4.69, 9.17) is 4.42 Å². The molecule has 0 aliphatic carbocycles. The second-order valence-electron chi connectivity index (χ2n) is 3.03. The maximum atomic E-state index is 11.8. The van der Waals surface area contributed by atoms with Crippen molar-refractivity contribution in [2.24, 2.45) is 0 Å². The Morgan fingerprint density at radius 2 is 2.20 bits per heavy atom. The Hall–Kier alpha value is -2.10. The molecule has 4 heteroatoms. The molecule has 0 aliphatic heterocycles. The molecular formula is C11H10N2O2. The molecule has 2 aromatic heterocycles. The van der Waals surface area contributed by atoms with Gasteiger partial charge >= 0.3 is 0 Å². The summed E-state index contributed by atoms with van der Waals surface area (Å²) in [6, 6.07) is 8.70. The Bertz CT molecular complexity index is 437. The van der Waals surface area contributed by atoms with Gasteiger partial charge in [-0.15, -0.1) is 0 Å². The maximum Gasteiger partial charge on any atom is 0.294 e. The lowest BCUT2D eigenvalue weighted by molar-refractivity contribution is 0.0966. The van der Waals surface area contributed by atoms with E-state index in [9.17, 15) is 4.79 Å². The lowest BCUT2D eigenvalue weighted by Gasteiger charge is -2.13. The van der Waals surface area contributed by atoms with Crippen LogP contribution in [0.5, 0.6) is 0 Å². The van der Waals surface area contributed by atoms with Crippen LogP contribution in [-0.4, -0.2) is 17.9 Å². The molecule has 0 bridgehead atoms. The van der Waals surface area contributed by atoms with Crippen LogP contribution in [0.15, 0.2) is 47.2 Å². The van der Waals surface area contributed by atoms with E-state index in [0.717, 1.165) is 0 Å². The molecule has 2 rings (SSSR count). The number of carbonyl (C=O) groups excluding carboxylic acids is 1. The molecule has 0 radical (unpaired) electrons. The summed E-state index contributed by atoms with van der Waals surface area (Å²) >= 11 is 0. The SMILES string of the molecule is CN(C(=O)c1ccco1)c1ccccn1. The average molecular weight is 202 g/mol. The topological polar surface area (TPSA) is 46.3 Å². The van der Waals surface area contributed by atoms with Gasteiger partial charge in [0.15, 0.2) is 5.76 Å². The zero-order valence-corrected chi connectivity index (χ0v) is 8.25. The predicted octanol–water partition coefficient (Wildman–Crippen LogP) is 1.95. The van der Waals surface area contributed by atoms with Gasteiger partial charge in [0.1, 0.15) is 5.82 Å². The van der Waals surface area contributed by atoms with Gasteiger partial charge in [-0.05, 0) is 24.3 Å². The molecule has 0 aromatic carbocycles. The lowest BCUT2D eigenvalue weighted by Crippen LogP contribution is -2.26. The molecule has 0 N–H and O–H groups in total. The van der Waals surface area contributed by atoms with Crippen LogP contribution in [0.3, 0.4) is 0 Å². The molecule has 2 aromatic rings. The maximum absolute atomic E-state index is 11.8. The van der Waals surface area contributed by atoms with Crippen molar-refractivity contribution in [1.82, 2.24) is 4.98 Å². The molecule has 0 fully saturated rings. The van der Waals surface area contributed by atoms with Crippen molar-refractivity contribution in [2.75, 3.05) is 11.9 Å². The number of rotatable bonds is 2. The first-order chi connectivity index (χ1) is 7.29. The van der Waals surface area contributed by atoms with E-state index in [-0.39, 0.29) is 5.91 Å². The Morgan fingerprint density at radius 1 is 1.33 bits per heavy atom. The summed E-state index contributed by atoms with van der Waals surface area (Å²) in [6.07, 6.45) is 3.11. The fourth-order valence-corrected chi connectivity index (χ4v) is 1.22. The fraction of sp³-hybridized carbons (Fsp3) is 0.0909. The highest BCUT2D eigenvalue weighted by atomic mass is 16.3. The minimum absolute atomic E-state index is 0.210. The largest absolute Gasteiger partial charge is 0.459 e. The van der Waals surface area contributed by atoms with E-state index in [1.165, 1.54) is 11.2 Å². The molecule has 0 saturated heterocycles. The second kappa shape index (κ2) is 3.96. The van der Waals surface area contributed by atoms with E-state index in [1.54, 1.807) is 37.5 Å². The third kappa shape index (κ3) is 1.88. The third-order valence-electron chi connectivity index (χ3n) is 2.03. The van der Waals surface area contributed by atoms with Crippen molar-refractivity contribution in [3.63, 3.8) is 0 Å². The van der Waals surface area contributed by atoms with Gasteiger partial charge in [0.05, 0.1) is 6.26 Å². The van der Waals surface area contributed by atoms with Gasteiger partial charge < -0.3 is 4.42 Å². The molecule has 2 heterocycles. The van der Waals surface area contributed by atoms with Crippen LogP contribution in [0, 0.1) is 0 Å². The first-order valence-corrected chi connectivity index (χ1v) is 4.51. The van der Waals surface area contributed by atoms with Gasteiger partial charge in [-0.3, -0.25) is 9.69 Å². The highest BCUT2D eigenvalue weighted by molar-refractivity contribution is 6.03. The molecule has 0 unspecified atom stereocenters. The van der Waals surface area contributed by atoms with Crippen LogP contribution < -0.4 is 4.90 Å². The lowest BCUT2D eigenvalue weighted by atomic mass is 10.3. The highest BCUT2D eigenvalue weighted by Gasteiger charge is 2.15. The molecule has 4 nitrogen and oxygen atoms in total. The van der Waals surface area contributed by atoms with Gasteiger partial charge in [0.25, 0.3) is 5.91 Å². The molecule has 0 spiro atoms. The van der Waals surface area contributed by atoms with Crippen LogP contribution in [0.4, 0.5) is 5.82 Å². The number of hydrogen-bond donors (Lipinski definition) is 0. The molecule has 0 saturated carbocycles. The predicted molar refractivity (Wildman–Crippen MR) is 55.7 cm³/mol. The molecule has 76 valence electrons. The summed E-state index contributed by atoms with van der Waals surface area (Å²) in [4.78, 5) is 17.3. The normalized spacial score (nSPS) is 9.93. The summed E-state index contributed by atoms with van der Waals surface area (Å²) in [5.74, 6) is 0.695. The Labute approximate surface area is 87.2 Å². The molecule has 15 heavy (non-hydrogen) atoms. The summed E-state index contributed by atoms with van der Waals surface area (Å²) < 4.78 is 5.02. The minimum Gasteiger partial charge on any atom is -0.459 e. The van der Waals surface area contributed by atoms with Crippen molar-refractivity contribution in [2.45, 2.75) is 0 Å². The minimum atomic E-state index is -0.210. The van der Waals surface area contributed by atoms with Crippen LogP contribution in [0.1, 0.15) is 10.6 Å². The van der Waals surface area contributed by atoms with Crippen molar-refractivity contribution in [3.8, 4) is 0 Å². The fourth-order valence-electron chi connectivity index (χ4n) is 1.22. The number of furan rings is 1. The third-order valence-corrected chi connectivity index (χ3v) is 2.03. The Morgan fingerprint density at radius 3 is 2.80 bits per heavy atom. The molecular weight excluding hydrogens is 192 g/mol. The van der Waals surface area contributed by atoms with E-state index in [2.05, 4.69) is 4.98 Å². The number of pyridine rings is 1. The molecule has 0 atom stereocenters. The second-order valence-corrected chi connectivity index (χ2v) is 3.03. The molecule has 1 amide bonds.